The predicted octanol–water partition coefficient (Wildman–Crippen LogP) is 0.799. The Labute approximate surface area is 84.8 Å². The third kappa shape index (κ3) is 2.80. The average molecular weight is 208 g/mol. The number of nitro groups is 1. The summed E-state index contributed by atoms with van der Waals surface area (Å²) in [5, 5.41) is 19.6. The van der Waals surface area contributed by atoms with Gasteiger partial charge in [-0.1, -0.05) is 0 Å². The first-order valence-electron chi connectivity index (χ1n) is 3.95. The predicted molar refractivity (Wildman–Crippen MR) is 53.0 cm³/mol. The van der Waals surface area contributed by atoms with E-state index in [9.17, 15) is 20.0 Å². The van der Waals surface area contributed by atoms with Gasteiger partial charge in [-0.25, -0.2) is 0 Å². The second-order valence-electron chi connectivity index (χ2n) is 2.74. The summed E-state index contributed by atoms with van der Waals surface area (Å²) in [5.41, 5.74) is 4.93. The van der Waals surface area contributed by atoms with Gasteiger partial charge in [0.2, 0.25) is 5.91 Å². The molecule has 0 aliphatic carbocycles. The molecule has 0 aromatic heterocycles. The number of nitrogens with two attached hydrogens (primary N) is 1. The monoisotopic (exact) mass is 208 g/mol. The summed E-state index contributed by atoms with van der Waals surface area (Å²) in [5.74, 6) is -1.08. The number of phenols is 1. The first-order chi connectivity index (χ1) is 7.00. The molecule has 1 amide bonds. The lowest BCUT2D eigenvalue weighted by Gasteiger charge is -1.97. The molecule has 0 aliphatic rings. The molecule has 0 heterocycles. The molecule has 0 unspecified atom stereocenters. The van der Waals surface area contributed by atoms with E-state index < -0.39 is 16.6 Å². The van der Waals surface area contributed by atoms with E-state index in [1.807, 2.05) is 0 Å². The van der Waals surface area contributed by atoms with Gasteiger partial charge in [0.05, 0.1) is 4.92 Å². The lowest BCUT2D eigenvalue weighted by Crippen LogP contribution is -2.05. The van der Waals surface area contributed by atoms with Gasteiger partial charge >= 0.3 is 5.69 Å². The van der Waals surface area contributed by atoms with Gasteiger partial charge in [-0.05, 0) is 23.8 Å². The summed E-state index contributed by atoms with van der Waals surface area (Å²) in [7, 11) is 0. The van der Waals surface area contributed by atoms with Crippen molar-refractivity contribution in [1.82, 2.24) is 0 Å². The van der Waals surface area contributed by atoms with Crippen LogP contribution in [-0.2, 0) is 4.79 Å². The Morgan fingerprint density at radius 1 is 1.53 bits per heavy atom. The lowest BCUT2D eigenvalue weighted by atomic mass is 10.2. The molecule has 0 saturated heterocycles. The van der Waals surface area contributed by atoms with Crippen LogP contribution in [0.4, 0.5) is 5.69 Å². The fourth-order valence-corrected chi connectivity index (χ4v) is 0.977. The maximum absolute atomic E-state index is 10.4. The largest absolute Gasteiger partial charge is 0.502 e. The molecule has 1 aromatic carbocycles. The number of carbonyl (C=O) groups excluding carboxylic acids is 1. The number of hydrogen-bond acceptors (Lipinski definition) is 4. The minimum atomic E-state index is -0.698. The number of phenolic OH excluding ortho intramolecular Hbond substituents is 1. The number of nitrogens with zero attached hydrogens (tertiary/aromatic N) is 1. The number of primary amides is 1. The molecule has 1 aromatic rings. The highest BCUT2D eigenvalue weighted by Crippen LogP contribution is 2.26. The minimum absolute atomic E-state index is 0.383. The smallest absolute Gasteiger partial charge is 0.310 e. The Kier molecular flexibility index (Phi) is 3.02. The van der Waals surface area contributed by atoms with E-state index in [1.54, 1.807) is 0 Å². The Morgan fingerprint density at radius 3 is 2.67 bits per heavy atom. The van der Waals surface area contributed by atoms with Crippen molar-refractivity contribution in [3.05, 3.63) is 40.0 Å². The zero-order valence-corrected chi connectivity index (χ0v) is 7.58. The maximum atomic E-state index is 10.4. The van der Waals surface area contributed by atoms with Gasteiger partial charge in [-0.3, -0.25) is 14.9 Å². The van der Waals surface area contributed by atoms with Gasteiger partial charge in [-0.2, -0.15) is 0 Å². The molecule has 1 rings (SSSR count). The van der Waals surface area contributed by atoms with Crippen LogP contribution >= 0.6 is 0 Å². The van der Waals surface area contributed by atoms with Gasteiger partial charge in [0, 0.05) is 12.1 Å². The SMILES string of the molecule is NC(=O)C=Cc1ccc([N+](=O)[O-])c(O)c1. The van der Waals surface area contributed by atoms with Crippen LogP contribution in [0.5, 0.6) is 5.75 Å². The Bertz CT molecular complexity index is 440. The molecule has 3 N–H and O–H groups in total. The number of aromatic hydroxyl groups is 1. The molecule has 78 valence electrons. The molecule has 0 aliphatic heterocycles. The second-order valence-corrected chi connectivity index (χ2v) is 2.74. The van der Waals surface area contributed by atoms with E-state index in [-0.39, 0.29) is 5.69 Å². The molecule has 0 bridgehead atoms. The first-order valence-corrected chi connectivity index (χ1v) is 3.95. The highest BCUT2D eigenvalue weighted by molar-refractivity contribution is 5.90. The lowest BCUT2D eigenvalue weighted by molar-refractivity contribution is -0.385. The highest BCUT2D eigenvalue weighted by Gasteiger charge is 2.11. The Balaban J connectivity index is 3.01. The van der Waals surface area contributed by atoms with E-state index in [1.165, 1.54) is 18.2 Å². The van der Waals surface area contributed by atoms with E-state index >= 15 is 0 Å². The number of carbonyl (C=O) groups is 1. The van der Waals surface area contributed by atoms with Gasteiger partial charge in [0.1, 0.15) is 0 Å². The third-order valence-corrected chi connectivity index (χ3v) is 1.64. The van der Waals surface area contributed by atoms with E-state index in [0.29, 0.717) is 5.56 Å². The highest BCUT2D eigenvalue weighted by atomic mass is 16.6. The molecule has 0 fully saturated rings. The van der Waals surface area contributed by atoms with Crippen molar-refractivity contribution < 1.29 is 14.8 Å². The van der Waals surface area contributed by atoms with Gasteiger partial charge in [0.15, 0.2) is 5.75 Å². The normalized spacial score (nSPS) is 10.4. The quantitative estimate of drug-likeness (QED) is 0.435. The zero-order chi connectivity index (χ0) is 11.4. The third-order valence-electron chi connectivity index (χ3n) is 1.64. The molecule has 0 saturated carbocycles. The Hall–Kier alpha value is -2.37. The van der Waals surface area contributed by atoms with Gasteiger partial charge < -0.3 is 10.8 Å². The number of nitro benzene ring substituents is 1. The van der Waals surface area contributed by atoms with Crippen molar-refractivity contribution in [3.8, 4) is 5.75 Å². The van der Waals surface area contributed by atoms with Crippen LogP contribution in [0.3, 0.4) is 0 Å². The van der Waals surface area contributed by atoms with Crippen LogP contribution in [0.2, 0.25) is 0 Å². The first kappa shape index (κ1) is 10.7. The summed E-state index contributed by atoms with van der Waals surface area (Å²) in [6.45, 7) is 0. The molecular weight excluding hydrogens is 200 g/mol. The molecule has 0 radical (unpaired) electrons. The Morgan fingerprint density at radius 2 is 2.20 bits per heavy atom. The van der Waals surface area contributed by atoms with Crippen LogP contribution in [-0.4, -0.2) is 15.9 Å². The molecule has 15 heavy (non-hydrogen) atoms. The fraction of sp³-hybridized carbons (Fsp3) is 0. The molecule has 0 atom stereocenters. The topological polar surface area (TPSA) is 106 Å². The van der Waals surface area contributed by atoms with E-state index in [4.69, 9.17) is 5.73 Å². The number of benzene rings is 1. The van der Waals surface area contributed by atoms with Crippen molar-refractivity contribution in [3.63, 3.8) is 0 Å². The minimum Gasteiger partial charge on any atom is -0.502 e. The molecule has 6 nitrogen and oxygen atoms in total. The van der Waals surface area contributed by atoms with Crippen LogP contribution < -0.4 is 5.73 Å². The van der Waals surface area contributed by atoms with Crippen molar-refractivity contribution in [1.29, 1.82) is 0 Å². The van der Waals surface area contributed by atoms with Gasteiger partial charge in [-0.15, -0.1) is 0 Å². The number of amides is 1. The molecule has 6 heteroatoms. The fourth-order valence-electron chi connectivity index (χ4n) is 0.977. The van der Waals surface area contributed by atoms with Crippen LogP contribution in [0.15, 0.2) is 24.3 Å². The van der Waals surface area contributed by atoms with E-state index in [2.05, 4.69) is 0 Å². The summed E-state index contributed by atoms with van der Waals surface area (Å²) in [6, 6.07) is 3.73. The van der Waals surface area contributed by atoms with Crippen molar-refractivity contribution in [2.24, 2.45) is 5.73 Å². The summed E-state index contributed by atoms with van der Waals surface area (Å²) >= 11 is 0. The average Bonchev–Trinajstić information content (AvgIpc) is 2.14. The van der Waals surface area contributed by atoms with E-state index in [0.717, 1.165) is 12.1 Å². The van der Waals surface area contributed by atoms with Crippen molar-refractivity contribution in [2.45, 2.75) is 0 Å². The van der Waals surface area contributed by atoms with Crippen molar-refractivity contribution in [2.75, 3.05) is 0 Å². The van der Waals surface area contributed by atoms with Crippen molar-refractivity contribution >= 4 is 17.7 Å². The van der Waals surface area contributed by atoms with Gasteiger partial charge in [0.25, 0.3) is 0 Å². The number of rotatable bonds is 3. The summed E-state index contributed by atoms with van der Waals surface area (Å²) in [6.07, 6.45) is 2.45. The maximum Gasteiger partial charge on any atom is 0.310 e. The zero-order valence-electron chi connectivity index (χ0n) is 7.58. The van der Waals surface area contributed by atoms with Crippen LogP contribution in [0.1, 0.15) is 5.56 Å². The summed E-state index contributed by atoms with van der Waals surface area (Å²) < 4.78 is 0. The molecular formula is C9H8N2O4. The summed E-state index contributed by atoms with van der Waals surface area (Å²) in [4.78, 5) is 20.1. The van der Waals surface area contributed by atoms with Crippen LogP contribution in [0.25, 0.3) is 6.08 Å². The number of hydrogen-bond donors (Lipinski definition) is 2. The standard InChI is InChI=1S/C9H8N2O4/c10-9(13)4-2-6-1-3-7(11(14)15)8(12)5-6/h1-5,12H,(H2,10,13). The second kappa shape index (κ2) is 4.23. The van der Waals surface area contributed by atoms with Crippen LogP contribution in [0, 0.1) is 10.1 Å². The molecule has 0 spiro atoms.